The lowest BCUT2D eigenvalue weighted by Crippen LogP contribution is -2.40. The SMILES string of the molecule is C=C1c2ccccc2C(C)(O)C12Cc1ccccc1C2. The Morgan fingerprint density at radius 1 is 0.950 bits per heavy atom. The zero-order chi connectivity index (χ0) is 14.0. The molecule has 2 aromatic rings. The first-order valence-electron chi connectivity index (χ1n) is 7.15. The molecule has 1 heteroatoms. The molecule has 0 heterocycles. The van der Waals surface area contributed by atoms with Gasteiger partial charge in [-0.15, -0.1) is 0 Å². The molecule has 1 spiro atoms. The lowest BCUT2D eigenvalue weighted by Gasteiger charge is -2.38. The summed E-state index contributed by atoms with van der Waals surface area (Å²) in [6, 6.07) is 16.7. The molecular formula is C19H18O. The second kappa shape index (κ2) is 3.62. The normalized spacial score (nSPS) is 25.8. The molecule has 0 radical (unpaired) electrons. The van der Waals surface area contributed by atoms with E-state index in [9.17, 15) is 5.11 Å². The number of hydrogen-bond acceptors (Lipinski definition) is 1. The molecule has 4 rings (SSSR count). The average molecular weight is 262 g/mol. The van der Waals surface area contributed by atoms with Crippen LogP contribution in [0.5, 0.6) is 0 Å². The summed E-state index contributed by atoms with van der Waals surface area (Å²) >= 11 is 0. The molecule has 0 bridgehead atoms. The van der Waals surface area contributed by atoms with E-state index in [0.29, 0.717) is 0 Å². The van der Waals surface area contributed by atoms with Crippen LogP contribution >= 0.6 is 0 Å². The molecule has 1 nitrogen and oxygen atoms in total. The summed E-state index contributed by atoms with van der Waals surface area (Å²) in [5.41, 5.74) is 4.82. The molecule has 1 unspecified atom stereocenters. The lowest BCUT2D eigenvalue weighted by molar-refractivity contribution is -0.0303. The third kappa shape index (κ3) is 1.22. The Kier molecular flexibility index (Phi) is 2.16. The molecule has 0 aromatic heterocycles. The van der Waals surface area contributed by atoms with Gasteiger partial charge in [-0.2, -0.15) is 0 Å². The molecule has 0 aliphatic heterocycles. The maximum atomic E-state index is 11.3. The summed E-state index contributed by atoms with van der Waals surface area (Å²) < 4.78 is 0. The Hall–Kier alpha value is -1.86. The number of fused-ring (bicyclic) bond motifs is 2. The highest BCUT2D eigenvalue weighted by atomic mass is 16.3. The standard InChI is InChI=1S/C19H18O/c1-13-16-9-5-6-10-17(16)18(2,20)19(13)11-14-7-3-4-8-15(14)12-19/h3-10,20H,1,11-12H2,2H3. The van der Waals surface area contributed by atoms with Crippen LogP contribution in [0.25, 0.3) is 5.57 Å². The molecule has 1 N–H and O–H groups in total. The van der Waals surface area contributed by atoms with E-state index in [1.54, 1.807) is 0 Å². The van der Waals surface area contributed by atoms with E-state index in [1.165, 1.54) is 11.1 Å². The summed E-state index contributed by atoms with van der Waals surface area (Å²) in [7, 11) is 0. The van der Waals surface area contributed by atoms with Gasteiger partial charge in [0.05, 0.1) is 5.60 Å². The highest BCUT2D eigenvalue weighted by molar-refractivity contribution is 5.80. The van der Waals surface area contributed by atoms with Crippen LogP contribution < -0.4 is 0 Å². The summed E-state index contributed by atoms with van der Waals surface area (Å²) in [5, 5.41) is 11.3. The Morgan fingerprint density at radius 3 is 2.10 bits per heavy atom. The van der Waals surface area contributed by atoms with Crippen molar-refractivity contribution in [2.75, 3.05) is 0 Å². The van der Waals surface area contributed by atoms with Crippen molar-refractivity contribution in [2.24, 2.45) is 5.41 Å². The van der Waals surface area contributed by atoms with E-state index in [4.69, 9.17) is 0 Å². The van der Waals surface area contributed by atoms with Crippen molar-refractivity contribution in [1.29, 1.82) is 0 Å². The van der Waals surface area contributed by atoms with Crippen LogP contribution in [0.2, 0.25) is 0 Å². The fourth-order valence-electron chi connectivity index (χ4n) is 4.15. The minimum atomic E-state index is -0.848. The van der Waals surface area contributed by atoms with Gasteiger partial charge in [0.25, 0.3) is 0 Å². The quantitative estimate of drug-likeness (QED) is 0.767. The Bertz CT molecular complexity index is 699. The topological polar surface area (TPSA) is 20.2 Å². The second-order valence-corrected chi connectivity index (χ2v) is 6.30. The largest absolute Gasteiger partial charge is 0.384 e. The maximum absolute atomic E-state index is 11.3. The Morgan fingerprint density at radius 2 is 1.50 bits per heavy atom. The monoisotopic (exact) mass is 262 g/mol. The van der Waals surface area contributed by atoms with Crippen molar-refractivity contribution >= 4 is 5.57 Å². The van der Waals surface area contributed by atoms with Crippen molar-refractivity contribution in [2.45, 2.75) is 25.4 Å². The van der Waals surface area contributed by atoms with Gasteiger partial charge in [-0.1, -0.05) is 55.1 Å². The van der Waals surface area contributed by atoms with Crippen LogP contribution in [0.15, 0.2) is 55.1 Å². The van der Waals surface area contributed by atoms with Crippen molar-refractivity contribution in [3.05, 3.63) is 77.4 Å². The molecule has 0 saturated heterocycles. The summed E-state index contributed by atoms with van der Waals surface area (Å²) in [5.74, 6) is 0. The predicted molar refractivity (Wildman–Crippen MR) is 81.3 cm³/mol. The van der Waals surface area contributed by atoms with E-state index in [2.05, 4.69) is 36.9 Å². The molecule has 0 amide bonds. The maximum Gasteiger partial charge on any atom is 0.0976 e. The molecule has 2 aliphatic rings. The Labute approximate surface area is 119 Å². The molecule has 0 saturated carbocycles. The molecule has 2 aromatic carbocycles. The number of hydrogen-bond donors (Lipinski definition) is 1. The zero-order valence-corrected chi connectivity index (χ0v) is 11.7. The first kappa shape index (κ1) is 11.9. The zero-order valence-electron chi connectivity index (χ0n) is 11.7. The van der Waals surface area contributed by atoms with Gasteiger partial charge in [-0.3, -0.25) is 0 Å². The van der Waals surface area contributed by atoms with Gasteiger partial charge in [0.15, 0.2) is 0 Å². The number of aliphatic hydroxyl groups is 1. The van der Waals surface area contributed by atoms with Crippen LogP contribution in [-0.2, 0) is 18.4 Å². The smallest absolute Gasteiger partial charge is 0.0976 e. The van der Waals surface area contributed by atoms with Gasteiger partial charge in [0, 0.05) is 5.41 Å². The minimum Gasteiger partial charge on any atom is -0.384 e. The molecule has 0 fully saturated rings. The van der Waals surface area contributed by atoms with Crippen LogP contribution in [0, 0.1) is 5.41 Å². The fourth-order valence-corrected chi connectivity index (χ4v) is 4.15. The molecule has 20 heavy (non-hydrogen) atoms. The van der Waals surface area contributed by atoms with Gasteiger partial charge in [-0.25, -0.2) is 0 Å². The molecular weight excluding hydrogens is 244 g/mol. The number of benzene rings is 2. The summed E-state index contributed by atoms with van der Waals surface area (Å²) in [6.45, 7) is 6.30. The van der Waals surface area contributed by atoms with Gasteiger partial charge < -0.3 is 5.11 Å². The predicted octanol–water partition coefficient (Wildman–Crippen LogP) is 3.71. The summed E-state index contributed by atoms with van der Waals surface area (Å²) in [4.78, 5) is 0. The van der Waals surface area contributed by atoms with Gasteiger partial charge in [0.1, 0.15) is 0 Å². The molecule has 100 valence electrons. The second-order valence-electron chi connectivity index (χ2n) is 6.30. The highest BCUT2D eigenvalue weighted by Gasteiger charge is 2.58. The van der Waals surface area contributed by atoms with E-state index < -0.39 is 5.60 Å². The van der Waals surface area contributed by atoms with Gasteiger partial charge in [-0.05, 0) is 47.6 Å². The van der Waals surface area contributed by atoms with Crippen molar-refractivity contribution in [3.63, 3.8) is 0 Å². The van der Waals surface area contributed by atoms with E-state index >= 15 is 0 Å². The lowest BCUT2D eigenvalue weighted by atomic mass is 9.69. The molecule has 2 aliphatic carbocycles. The van der Waals surface area contributed by atoms with Crippen LogP contribution in [0.3, 0.4) is 0 Å². The fraction of sp³-hybridized carbons (Fsp3) is 0.263. The average Bonchev–Trinajstić information content (AvgIpc) is 2.93. The van der Waals surface area contributed by atoms with Gasteiger partial charge in [0.2, 0.25) is 0 Å². The van der Waals surface area contributed by atoms with Crippen molar-refractivity contribution in [3.8, 4) is 0 Å². The summed E-state index contributed by atoms with van der Waals surface area (Å²) in [6.07, 6.45) is 1.76. The van der Waals surface area contributed by atoms with Gasteiger partial charge >= 0.3 is 0 Å². The Balaban J connectivity index is 1.92. The van der Waals surface area contributed by atoms with Crippen molar-refractivity contribution in [1.82, 2.24) is 0 Å². The number of rotatable bonds is 0. The van der Waals surface area contributed by atoms with Crippen LogP contribution in [0.4, 0.5) is 0 Å². The van der Waals surface area contributed by atoms with E-state index in [0.717, 1.165) is 29.5 Å². The van der Waals surface area contributed by atoms with E-state index in [-0.39, 0.29) is 5.41 Å². The highest BCUT2D eigenvalue weighted by Crippen LogP contribution is 2.62. The first-order valence-corrected chi connectivity index (χ1v) is 7.15. The molecule has 1 atom stereocenters. The van der Waals surface area contributed by atoms with Crippen LogP contribution in [0.1, 0.15) is 29.2 Å². The van der Waals surface area contributed by atoms with Crippen molar-refractivity contribution < 1.29 is 5.11 Å². The van der Waals surface area contributed by atoms with E-state index in [1.807, 2.05) is 25.1 Å². The first-order chi connectivity index (χ1) is 9.56. The van der Waals surface area contributed by atoms with Crippen LogP contribution in [-0.4, -0.2) is 5.11 Å². The minimum absolute atomic E-state index is 0.277. The third-order valence-corrected chi connectivity index (χ3v) is 5.39. The third-order valence-electron chi connectivity index (χ3n) is 5.39.